The number of ether oxygens (including phenoxy) is 1. The van der Waals surface area contributed by atoms with E-state index in [-0.39, 0.29) is 6.03 Å². The van der Waals surface area contributed by atoms with Crippen molar-refractivity contribution < 1.29 is 9.53 Å². The van der Waals surface area contributed by atoms with Crippen LogP contribution in [0.4, 0.5) is 10.5 Å². The van der Waals surface area contributed by atoms with Crippen LogP contribution in [0.15, 0.2) is 48.7 Å². The second-order valence-electron chi connectivity index (χ2n) is 6.12. The number of nitrogens with one attached hydrogen (secondary N) is 1. The Balaban J connectivity index is 1.59. The molecule has 0 fully saturated rings. The highest BCUT2D eigenvalue weighted by Crippen LogP contribution is 2.14. The lowest BCUT2D eigenvalue weighted by Crippen LogP contribution is -2.32. The van der Waals surface area contributed by atoms with Crippen molar-refractivity contribution in [3.8, 4) is 0 Å². The van der Waals surface area contributed by atoms with Crippen molar-refractivity contribution in [3.05, 3.63) is 60.0 Å². The van der Waals surface area contributed by atoms with Crippen LogP contribution in [0, 0.1) is 0 Å². The quantitative estimate of drug-likeness (QED) is 0.663. The predicted molar refractivity (Wildman–Crippen MR) is 100 cm³/mol. The molecule has 1 aromatic carbocycles. The van der Waals surface area contributed by atoms with Gasteiger partial charge in [0.15, 0.2) is 5.65 Å². The molecule has 7 heteroatoms. The Hall–Kier alpha value is -2.93. The molecule has 0 spiro atoms. The van der Waals surface area contributed by atoms with Gasteiger partial charge in [-0.05, 0) is 36.2 Å². The summed E-state index contributed by atoms with van der Waals surface area (Å²) >= 11 is 0. The molecule has 0 atom stereocenters. The number of hydrogen-bond acceptors (Lipinski definition) is 4. The van der Waals surface area contributed by atoms with E-state index in [0.29, 0.717) is 19.6 Å². The Morgan fingerprint density at radius 1 is 1.19 bits per heavy atom. The fourth-order valence-corrected chi connectivity index (χ4v) is 2.67. The third-order valence-electron chi connectivity index (χ3n) is 4.14. The van der Waals surface area contributed by atoms with Crippen molar-refractivity contribution in [2.45, 2.75) is 12.8 Å². The molecular formula is C19H23N5O2. The molecule has 3 rings (SSSR count). The van der Waals surface area contributed by atoms with Gasteiger partial charge in [-0.1, -0.05) is 18.2 Å². The van der Waals surface area contributed by atoms with E-state index < -0.39 is 0 Å². The van der Waals surface area contributed by atoms with Crippen LogP contribution in [0.1, 0.15) is 17.8 Å². The van der Waals surface area contributed by atoms with Crippen LogP contribution in [-0.2, 0) is 11.2 Å². The minimum atomic E-state index is -0.127. The maximum atomic E-state index is 12.1. The Morgan fingerprint density at radius 3 is 2.77 bits per heavy atom. The largest absolute Gasteiger partial charge is 0.385 e. The Bertz CT molecular complexity index is 860. The Kier molecular flexibility index (Phi) is 5.80. The summed E-state index contributed by atoms with van der Waals surface area (Å²) in [6.07, 6.45) is 3.45. The molecule has 0 aliphatic carbocycles. The number of aromatic nitrogens is 3. The number of amides is 2. The molecule has 2 aromatic heterocycles. The van der Waals surface area contributed by atoms with Gasteiger partial charge in [-0.3, -0.25) is 4.40 Å². The van der Waals surface area contributed by atoms with Gasteiger partial charge in [-0.2, -0.15) is 0 Å². The zero-order valence-electron chi connectivity index (χ0n) is 15.1. The van der Waals surface area contributed by atoms with Gasteiger partial charge in [0.1, 0.15) is 5.82 Å². The number of methoxy groups -OCH3 is 1. The van der Waals surface area contributed by atoms with E-state index in [1.165, 1.54) is 0 Å². The van der Waals surface area contributed by atoms with Crippen LogP contribution >= 0.6 is 0 Å². The fraction of sp³-hybridized carbons (Fsp3) is 0.316. The molecule has 1 N–H and O–H groups in total. The van der Waals surface area contributed by atoms with Crippen LogP contribution in [0.3, 0.4) is 0 Å². The topological polar surface area (TPSA) is 71.8 Å². The molecule has 7 nitrogen and oxygen atoms in total. The van der Waals surface area contributed by atoms with Gasteiger partial charge in [0.05, 0.1) is 0 Å². The molecule has 0 saturated heterocycles. The van der Waals surface area contributed by atoms with Crippen molar-refractivity contribution in [2.24, 2.45) is 0 Å². The number of hydrogen-bond donors (Lipinski definition) is 1. The summed E-state index contributed by atoms with van der Waals surface area (Å²) in [7, 11) is 3.43. The number of anilines is 1. The summed E-state index contributed by atoms with van der Waals surface area (Å²) in [6, 6.07) is 13.5. The molecule has 0 aliphatic rings. The number of fused-ring (bicyclic) bond motifs is 1. The highest BCUT2D eigenvalue weighted by atomic mass is 16.5. The minimum Gasteiger partial charge on any atom is -0.385 e. The zero-order valence-corrected chi connectivity index (χ0v) is 15.1. The van der Waals surface area contributed by atoms with Gasteiger partial charge in [-0.15, -0.1) is 10.2 Å². The third kappa shape index (κ3) is 4.37. The van der Waals surface area contributed by atoms with Crippen LogP contribution in [0.5, 0.6) is 0 Å². The highest BCUT2D eigenvalue weighted by molar-refractivity contribution is 5.89. The number of urea groups is 1. The molecule has 0 aliphatic heterocycles. The maximum absolute atomic E-state index is 12.1. The minimum absolute atomic E-state index is 0.127. The number of carbonyl (C=O) groups is 1. The van der Waals surface area contributed by atoms with E-state index in [0.717, 1.165) is 29.1 Å². The van der Waals surface area contributed by atoms with Gasteiger partial charge in [0.2, 0.25) is 0 Å². The summed E-state index contributed by atoms with van der Waals surface area (Å²) in [5.74, 6) is 0.885. The average molecular weight is 353 g/mol. The number of nitrogens with zero attached hydrogens (tertiary/aromatic N) is 4. The van der Waals surface area contributed by atoms with E-state index in [1.54, 1.807) is 19.1 Å². The summed E-state index contributed by atoms with van der Waals surface area (Å²) in [5.41, 5.74) is 2.71. The summed E-state index contributed by atoms with van der Waals surface area (Å²) in [5, 5.41) is 11.3. The first kappa shape index (κ1) is 17.9. The molecular weight excluding hydrogens is 330 g/mol. The average Bonchev–Trinajstić information content (AvgIpc) is 3.06. The van der Waals surface area contributed by atoms with Crippen LogP contribution in [-0.4, -0.2) is 52.8 Å². The first-order valence-corrected chi connectivity index (χ1v) is 8.56. The second-order valence-corrected chi connectivity index (χ2v) is 6.12. The van der Waals surface area contributed by atoms with Crippen molar-refractivity contribution in [1.82, 2.24) is 19.5 Å². The molecule has 0 bridgehead atoms. The van der Waals surface area contributed by atoms with Crippen LogP contribution < -0.4 is 5.32 Å². The maximum Gasteiger partial charge on any atom is 0.321 e. The van der Waals surface area contributed by atoms with E-state index in [4.69, 9.17) is 4.74 Å². The highest BCUT2D eigenvalue weighted by Gasteiger charge is 2.09. The monoisotopic (exact) mass is 353 g/mol. The SMILES string of the molecule is COCCCN(C)C(=O)Nc1ccc(Cc2nnc3ccccn23)cc1. The third-order valence-corrected chi connectivity index (χ3v) is 4.14. The van der Waals surface area contributed by atoms with E-state index >= 15 is 0 Å². The first-order valence-electron chi connectivity index (χ1n) is 8.56. The molecule has 0 unspecified atom stereocenters. The summed E-state index contributed by atoms with van der Waals surface area (Å²) in [6.45, 7) is 1.29. The van der Waals surface area contributed by atoms with Crippen LogP contribution in [0.2, 0.25) is 0 Å². The smallest absolute Gasteiger partial charge is 0.321 e. The van der Waals surface area contributed by atoms with Gasteiger partial charge in [0.25, 0.3) is 0 Å². The molecule has 2 amide bonds. The standard InChI is InChI=1S/C19H23N5O2/c1-23(11-5-13-26-2)19(25)20-16-9-7-15(8-10-16)14-18-22-21-17-6-3-4-12-24(17)18/h3-4,6-10,12H,5,11,13-14H2,1-2H3,(H,20,25). The molecule has 0 saturated carbocycles. The van der Waals surface area contributed by atoms with E-state index in [2.05, 4.69) is 15.5 Å². The van der Waals surface area contributed by atoms with Gasteiger partial charge in [0, 0.05) is 45.6 Å². The number of rotatable bonds is 7. The fourth-order valence-electron chi connectivity index (χ4n) is 2.67. The summed E-state index contributed by atoms with van der Waals surface area (Å²) in [4.78, 5) is 13.8. The zero-order chi connectivity index (χ0) is 18.4. The predicted octanol–water partition coefficient (Wildman–Crippen LogP) is 2.82. The van der Waals surface area contributed by atoms with Crippen molar-refractivity contribution >= 4 is 17.4 Å². The Morgan fingerprint density at radius 2 is 2.00 bits per heavy atom. The first-order chi connectivity index (χ1) is 12.7. The van der Waals surface area contributed by atoms with Crippen molar-refractivity contribution in [1.29, 1.82) is 0 Å². The van der Waals surface area contributed by atoms with Crippen molar-refractivity contribution in [2.75, 3.05) is 32.6 Å². The number of carbonyl (C=O) groups excluding carboxylic acids is 1. The van der Waals surface area contributed by atoms with Gasteiger partial charge >= 0.3 is 6.03 Å². The molecule has 2 heterocycles. The van der Waals surface area contributed by atoms with Crippen LogP contribution in [0.25, 0.3) is 5.65 Å². The van der Waals surface area contributed by atoms with Crippen molar-refractivity contribution in [3.63, 3.8) is 0 Å². The number of pyridine rings is 1. The van der Waals surface area contributed by atoms with Gasteiger partial charge < -0.3 is 15.0 Å². The lowest BCUT2D eigenvalue weighted by molar-refractivity contribution is 0.179. The van der Waals surface area contributed by atoms with Gasteiger partial charge in [-0.25, -0.2) is 4.79 Å². The number of benzene rings is 1. The molecule has 3 aromatic rings. The summed E-state index contributed by atoms with van der Waals surface area (Å²) < 4.78 is 6.98. The lowest BCUT2D eigenvalue weighted by atomic mass is 10.1. The lowest BCUT2D eigenvalue weighted by Gasteiger charge is -2.17. The normalized spacial score (nSPS) is 10.8. The second kappa shape index (κ2) is 8.44. The molecule has 26 heavy (non-hydrogen) atoms. The molecule has 136 valence electrons. The Labute approximate surface area is 152 Å². The van der Waals surface area contributed by atoms with E-state index in [1.807, 2.05) is 53.1 Å². The molecule has 0 radical (unpaired) electrons. The van der Waals surface area contributed by atoms with E-state index in [9.17, 15) is 4.79 Å².